The number of piperazine rings is 1. The third-order valence-corrected chi connectivity index (χ3v) is 3.81. The lowest BCUT2D eigenvalue weighted by molar-refractivity contribution is 0.0740. The van der Waals surface area contributed by atoms with E-state index in [2.05, 4.69) is 25.4 Å². The number of carbonyl (C=O) groups excluding carboxylic acids is 1. The molecule has 1 aliphatic heterocycles. The highest BCUT2D eigenvalue weighted by Crippen LogP contribution is 2.16. The standard InChI is InChI=1S/C14H20N8O/c1-19(2)12-4-5-13(17-16-12)21-6-8-22(9-7-21)14(23)11-10-20(3)18-15-11/h4-5,10H,6-9H2,1-3H3. The van der Waals surface area contributed by atoms with Gasteiger partial charge in [-0.15, -0.1) is 15.3 Å². The van der Waals surface area contributed by atoms with Crippen LogP contribution in [0.25, 0.3) is 0 Å². The highest BCUT2D eigenvalue weighted by atomic mass is 16.2. The van der Waals surface area contributed by atoms with E-state index in [9.17, 15) is 4.79 Å². The smallest absolute Gasteiger partial charge is 0.276 e. The van der Waals surface area contributed by atoms with Crippen molar-refractivity contribution < 1.29 is 4.79 Å². The maximum absolute atomic E-state index is 12.3. The summed E-state index contributed by atoms with van der Waals surface area (Å²) in [5.74, 6) is 1.58. The Bertz CT molecular complexity index is 672. The van der Waals surface area contributed by atoms with Crippen LogP contribution in [0.2, 0.25) is 0 Å². The molecule has 0 N–H and O–H groups in total. The number of nitrogens with zero attached hydrogens (tertiary/aromatic N) is 8. The fourth-order valence-corrected chi connectivity index (χ4v) is 2.47. The summed E-state index contributed by atoms with van der Waals surface area (Å²) in [5, 5.41) is 16.1. The zero-order chi connectivity index (χ0) is 16.4. The van der Waals surface area contributed by atoms with E-state index in [1.807, 2.05) is 31.1 Å². The molecular weight excluding hydrogens is 296 g/mol. The molecule has 0 bridgehead atoms. The van der Waals surface area contributed by atoms with Gasteiger partial charge in [-0.25, -0.2) is 0 Å². The van der Waals surface area contributed by atoms with Crippen LogP contribution in [-0.2, 0) is 7.05 Å². The van der Waals surface area contributed by atoms with Gasteiger partial charge in [0.15, 0.2) is 17.3 Å². The average molecular weight is 316 g/mol. The third kappa shape index (κ3) is 3.22. The second kappa shape index (κ2) is 6.19. The minimum atomic E-state index is -0.0770. The molecule has 9 nitrogen and oxygen atoms in total. The molecule has 0 radical (unpaired) electrons. The van der Waals surface area contributed by atoms with Gasteiger partial charge in [0.25, 0.3) is 5.91 Å². The molecule has 3 rings (SSSR count). The van der Waals surface area contributed by atoms with Crippen molar-refractivity contribution in [1.29, 1.82) is 0 Å². The number of aromatic nitrogens is 5. The van der Waals surface area contributed by atoms with Crippen LogP contribution in [0.4, 0.5) is 11.6 Å². The minimum Gasteiger partial charge on any atom is -0.361 e. The lowest BCUT2D eigenvalue weighted by Crippen LogP contribution is -2.49. The first-order valence-electron chi connectivity index (χ1n) is 7.46. The average Bonchev–Trinajstić information content (AvgIpc) is 3.01. The van der Waals surface area contributed by atoms with Crippen LogP contribution in [0.3, 0.4) is 0 Å². The summed E-state index contributed by atoms with van der Waals surface area (Å²) in [7, 11) is 5.61. The van der Waals surface area contributed by atoms with Gasteiger partial charge in [-0.1, -0.05) is 5.21 Å². The predicted octanol–water partition coefficient (Wildman–Crippen LogP) is -0.366. The van der Waals surface area contributed by atoms with Crippen LogP contribution in [0.5, 0.6) is 0 Å². The Morgan fingerprint density at radius 1 is 1.09 bits per heavy atom. The largest absolute Gasteiger partial charge is 0.361 e. The van der Waals surface area contributed by atoms with E-state index in [1.54, 1.807) is 18.1 Å². The quantitative estimate of drug-likeness (QED) is 0.764. The Morgan fingerprint density at radius 2 is 1.83 bits per heavy atom. The van der Waals surface area contributed by atoms with Gasteiger partial charge < -0.3 is 14.7 Å². The van der Waals surface area contributed by atoms with Crippen molar-refractivity contribution in [3.63, 3.8) is 0 Å². The lowest BCUT2D eigenvalue weighted by Gasteiger charge is -2.34. The Balaban J connectivity index is 1.60. The SMILES string of the molecule is CN(C)c1ccc(N2CCN(C(=O)c3cn(C)nn3)CC2)nn1. The lowest BCUT2D eigenvalue weighted by atomic mass is 10.3. The normalized spacial score (nSPS) is 14.9. The number of hydrogen-bond donors (Lipinski definition) is 0. The van der Waals surface area contributed by atoms with Gasteiger partial charge >= 0.3 is 0 Å². The van der Waals surface area contributed by atoms with Gasteiger partial charge in [-0.3, -0.25) is 9.48 Å². The number of amides is 1. The Labute approximate surface area is 134 Å². The number of carbonyl (C=O) groups is 1. The van der Waals surface area contributed by atoms with Gasteiger partial charge in [-0.05, 0) is 12.1 Å². The van der Waals surface area contributed by atoms with E-state index in [0.29, 0.717) is 18.8 Å². The number of aryl methyl sites for hydroxylation is 1. The Morgan fingerprint density at radius 3 is 2.35 bits per heavy atom. The van der Waals surface area contributed by atoms with Crippen molar-refractivity contribution in [2.24, 2.45) is 7.05 Å². The van der Waals surface area contributed by atoms with Gasteiger partial charge in [-0.2, -0.15) is 0 Å². The second-order valence-corrected chi connectivity index (χ2v) is 5.70. The highest BCUT2D eigenvalue weighted by Gasteiger charge is 2.24. The zero-order valence-electron chi connectivity index (χ0n) is 13.5. The molecule has 0 unspecified atom stereocenters. The second-order valence-electron chi connectivity index (χ2n) is 5.70. The molecule has 0 aromatic carbocycles. The summed E-state index contributed by atoms with van der Waals surface area (Å²) in [6.07, 6.45) is 1.64. The van der Waals surface area contributed by atoms with Crippen LogP contribution >= 0.6 is 0 Å². The Kier molecular flexibility index (Phi) is 4.09. The molecule has 0 saturated carbocycles. The van der Waals surface area contributed by atoms with Crippen LogP contribution in [-0.4, -0.2) is 76.3 Å². The van der Waals surface area contributed by atoms with Gasteiger partial charge in [0.1, 0.15) is 0 Å². The van der Waals surface area contributed by atoms with Crippen LogP contribution < -0.4 is 9.80 Å². The molecule has 0 aliphatic carbocycles. The van der Waals surface area contributed by atoms with Crippen molar-refractivity contribution in [3.8, 4) is 0 Å². The molecule has 1 amide bonds. The summed E-state index contributed by atoms with van der Waals surface area (Å²) < 4.78 is 1.53. The summed E-state index contributed by atoms with van der Waals surface area (Å²) >= 11 is 0. The first-order chi connectivity index (χ1) is 11.0. The highest BCUT2D eigenvalue weighted by molar-refractivity contribution is 5.92. The first kappa shape index (κ1) is 15.2. The van der Waals surface area contributed by atoms with Crippen LogP contribution in [0.1, 0.15) is 10.5 Å². The third-order valence-electron chi connectivity index (χ3n) is 3.81. The predicted molar refractivity (Wildman–Crippen MR) is 85.5 cm³/mol. The molecule has 0 atom stereocenters. The van der Waals surface area contributed by atoms with Crippen LogP contribution in [0, 0.1) is 0 Å². The molecule has 1 aliphatic rings. The minimum absolute atomic E-state index is 0.0770. The zero-order valence-corrected chi connectivity index (χ0v) is 13.5. The van der Waals surface area contributed by atoms with Gasteiger partial charge in [0.2, 0.25) is 0 Å². The number of hydrogen-bond acceptors (Lipinski definition) is 7. The van der Waals surface area contributed by atoms with Crippen LogP contribution in [0.15, 0.2) is 18.3 Å². The molecule has 122 valence electrons. The van der Waals surface area contributed by atoms with Gasteiger partial charge in [0, 0.05) is 47.3 Å². The van der Waals surface area contributed by atoms with E-state index < -0.39 is 0 Å². The summed E-state index contributed by atoms with van der Waals surface area (Å²) in [6, 6.07) is 3.90. The van der Waals surface area contributed by atoms with Crippen molar-refractivity contribution in [2.75, 3.05) is 50.1 Å². The van der Waals surface area contributed by atoms with Crippen molar-refractivity contribution in [1.82, 2.24) is 30.1 Å². The maximum atomic E-state index is 12.3. The van der Waals surface area contributed by atoms with E-state index in [-0.39, 0.29) is 5.91 Å². The maximum Gasteiger partial charge on any atom is 0.276 e. The fourth-order valence-electron chi connectivity index (χ4n) is 2.47. The Hall–Kier alpha value is -2.71. The van der Waals surface area contributed by atoms with E-state index >= 15 is 0 Å². The molecule has 2 aromatic heterocycles. The molecule has 23 heavy (non-hydrogen) atoms. The van der Waals surface area contributed by atoms with Crippen molar-refractivity contribution in [3.05, 3.63) is 24.0 Å². The number of anilines is 2. The molecule has 2 aromatic rings. The van der Waals surface area contributed by atoms with E-state index in [4.69, 9.17) is 0 Å². The van der Waals surface area contributed by atoms with Crippen molar-refractivity contribution in [2.45, 2.75) is 0 Å². The molecule has 1 fully saturated rings. The van der Waals surface area contributed by atoms with E-state index in [0.717, 1.165) is 24.7 Å². The molecule has 1 saturated heterocycles. The molecule has 9 heteroatoms. The first-order valence-corrected chi connectivity index (χ1v) is 7.46. The molecule has 3 heterocycles. The molecule has 0 spiro atoms. The monoisotopic (exact) mass is 316 g/mol. The topological polar surface area (TPSA) is 83.3 Å². The fraction of sp³-hybridized carbons (Fsp3) is 0.500. The molecular formula is C14H20N8O. The van der Waals surface area contributed by atoms with Gasteiger partial charge in [0.05, 0.1) is 6.20 Å². The summed E-state index contributed by atoms with van der Waals surface area (Å²) in [4.78, 5) is 18.2. The van der Waals surface area contributed by atoms with Crippen molar-refractivity contribution >= 4 is 17.5 Å². The number of rotatable bonds is 3. The summed E-state index contributed by atoms with van der Waals surface area (Å²) in [5.41, 5.74) is 0.385. The van der Waals surface area contributed by atoms with E-state index in [1.165, 1.54) is 4.68 Å². The summed E-state index contributed by atoms with van der Waals surface area (Å²) in [6.45, 7) is 2.71.